The van der Waals surface area contributed by atoms with Gasteiger partial charge in [0.15, 0.2) is 17.3 Å². The molecule has 0 spiro atoms. The fourth-order valence-electron chi connectivity index (χ4n) is 3.28. The van der Waals surface area contributed by atoms with Crippen LogP contribution in [-0.4, -0.2) is 34.2 Å². The van der Waals surface area contributed by atoms with Gasteiger partial charge in [-0.05, 0) is 30.7 Å². The van der Waals surface area contributed by atoms with Gasteiger partial charge in [-0.3, -0.25) is 14.5 Å². The van der Waals surface area contributed by atoms with Crippen LogP contribution >= 0.6 is 15.9 Å². The number of hydrogen-bond acceptors (Lipinski definition) is 4. The highest BCUT2D eigenvalue weighted by atomic mass is 79.9. The van der Waals surface area contributed by atoms with Gasteiger partial charge in [0, 0.05) is 36.2 Å². The fraction of sp³-hybridized carbons (Fsp3) is 0.316. The number of likely N-dealkylation sites (N-methyl/N-ethyl adjacent to an activating group) is 1. The van der Waals surface area contributed by atoms with Gasteiger partial charge in [-0.2, -0.15) is 0 Å². The summed E-state index contributed by atoms with van der Waals surface area (Å²) in [6.45, 7) is 4.41. The minimum atomic E-state index is -1.29. The minimum absolute atomic E-state index is 0.0262. The average molecular weight is 417 g/mol. The number of guanidine groups is 1. The van der Waals surface area contributed by atoms with Gasteiger partial charge in [-0.15, -0.1) is 0 Å². The second-order valence-electron chi connectivity index (χ2n) is 6.23. The van der Waals surface area contributed by atoms with Gasteiger partial charge >= 0.3 is 0 Å². The SMILES string of the molecule is CCC(=O)c1cc(C2(c3cccc(Br)c3)N=C(N)N(C)C2=O)cn1CC. The van der Waals surface area contributed by atoms with Gasteiger partial charge in [0.25, 0.3) is 5.91 Å². The van der Waals surface area contributed by atoms with Crippen molar-refractivity contribution in [2.75, 3.05) is 7.05 Å². The summed E-state index contributed by atoms with van der Waals surface area (Å²) in [5.74, 6) is -0.0577. The van der Waals surface area contributed by atoms with Crippen molar-refractivity contribution in [3.63, 3.8) is 0 Å². The fourth-order valence-corrected chi connectivity index (χ4v) is 3.68. The zero-order valence-electron chi connectivity index (χ0n) is 15.0. The third kappa shape index (κ3) is 2.67. The van der Waals surface area contributed by atoms with Gasteiger partial charge in [0.1, 0.15) is 0 Å². The highest BCUT2D eigenvalue weighted by Crippen LogP contribution is 2.40. The molecule has 26 heavy (non-hydrogen) atoms. The molecule has 136 valence electrons. The van der Waals surface area contributed by atoms with Gasteiger partial charge < -0.3 is 10.3 Å². The highest BCUT2D eigenvalue weighted by Gasteiger charge is 2.50. The molecule has 0 aliphatic carbocycles. The number of ketones is 1. The molecule has 0 bridgehead atoms. The number of amides is 1. The van der Waals surface area contributed by atoms with E-state index >= 15 is 0 Å². The molecule has 1 aliphatic rings. The topological polar surface area (TPSA) is 80.7 Å². The Balaban J connectivity index is 2.29. The predicted molar refractivity (Wildman–Crippen MR) is 104 cm³/mol. The summed E-state index contributed by atoms with van der Waals surface area (Å²) in [6.07, 6.45) is 2.23. The molecule has 0 radical (unpaired) electrons. The number of benzene rings is 1. The van der Waals surface area contributed by atoms with Crippen LogP contribution in [0.25, 0.3) is 0 Å². The molecule has 2 N–H and O–H groups in total. The molecule has 0 fully saturated rings. The van der Waals surface area contributed by atoms with Crippen molar-refractivity contribution < 1.29 is 9.59 Å². The van der Waals surface area contributed by atoms with Crippen molar-refractivity contribution in [2.45, 2.75) is 32.4 Å². The molecule has 3 rings (SSSR count). The van der Waals surface area contributed by atoms with E-state index in [1.807, 2.05) is 48.9 Å². The third-order valence-electron chi connectivity index (χ3n) is 4.74. The van der Waals surface area contributed by atoms with Crippen molar-refractivity contribution >= 4 is 33.6 Å². The molecular formula is C19H21BrN4O2. The van der Waals surface area contributed by atoms with E-state index in [0.717, 1.165) is 4.47 Å². The van der Waals surface area contributed by atoms with Crippen LogP contribution in [0, 0.1) is 0 Å². The Bertz CT molecular complexity index is 918. The van der Waals surface area contributed by atoms with Crippen LogP contribution in [-0.2, 0) is 16.9 Å². The van der Waals surface area contributed by atoms with Gasteiger partial charge in [0.05, 0.1) is 5.69 Å². The molecular weight excluding hydrogens is 396 g/mol. The van der Waals surface area contributed by atoms with Crippen LogP contribution < -0.4 is 5.73 Å². The Kier molecular flexibility index (Phi) is 4.75. The van der Waals surface area contributed by atoms with E-state index in [4.69, 9.17) is 5.73 Å². The predicted octanol–water partition coefficient (Wildman–Crippen LogP) is 2.89. The van der Waals surface area contributed by atoms with E-state index < -0.39 is 5.54 Å². The second-order valence-corrected chi connectivity index (χ2v) is 7.15. The summed E-state index contributed by atoms with van der Waals surface area (Å²) < 4.78 is 2.70. The van der Waals surface area contributed by atoms with E-state index in [1.165, 1.54) is 4.90 Å². The van der Waals surface area contributed by atoms with E-state index in [2.05, 4.69) is 20.9 Å². The lowest BCUT2D eigenvalue weighted by Gasteiger charge is -2.25. The van der Waals surface area contributed by atoms with Crippen LogP contribution in [0.5, 0.6) is 0 Å². The number of carbonyl (C=O) groups is 2. The van der Waals surface area contributed by atoms with E-state index in [-0.39, 0.29) is 17.6 Å². The largest absolute Gasteiger partial charge is 0.369 e. The maximum Gasteiger partial charge on any atom is 0.266 e. The summed E-state index contributed by atoms with van der Waals surface area (Å²) in [4.78, 5) is 31.5. The highest BCUT2D eigenvalue weighted by molar-refractivity contribution is 9.10. The number of aryl methyl sites for hydroxylation is 1. The molecule has 1 aliphatic heterocycles. The number of rotatable bonds is 5. The Labute approximate surface area is 160 Å². The first-order chi connectivity index (χ1) is 12.3. The number of hydrogen-bond donors (Lipinski definition) is 1. The first-order valence-corrected chi connectivity index (χ1v) is 9.27. The lowest BCUT2D eigenvalue weighted by molar-refractivity contribution is -0.129. The number of aromatic nitrogens is 1. The summed E-state index contributed by atoms with van der Waals surface area (Å²) in [7, 11) is 1.61. The standard InChI is InChI=1S/C19H21BrN4O2/c1-4-16(25)15-10-13(11-24(15)5-2)19(12-7-6-8-14(20)9-12)17(26)23(3)18(21)22-19/h6-11H,4-5H2,1-3H3,(H2,21,22). The number of Topliss-reactive ketones (excluding diaryl/α,β-unsaturated/α-hetero) is 1. The molecule has 6 nitrogen and oxygen atoms in total. The average Bonchev–Trinajstić information content (AvgIpc) is 3.17. The normalized spacial score (nSPS) is 19.8. The number of nitrogens with zero attached hydrogens (tertiary/aromatic N) is 3. The molecule has 1 atom stereocenters. The Morgan fingerprint density at radius 2 is 2.00 bits per heavy atom. The maximum absolute atomic E-state index is 13.2. The van der Waals surface area contributed by atoms with Crippen LogP contribution in [0.4, 0.5) is 0 Å². The van der Waals surface area contributed by atoms with Gasteiger partial charge in [0.2, 0.25) is 0 Å². The Hall–Kier alpha value is -2.41. The molecule has 1 aromatic heterocycles. The van der Waals surface area contributed by atoms with Crippen molar-refractivity contribution in [2.24, 2.45) is 10.7 Å². The van der Waals surface area contributed by atoms with Crippen molar-refractivity contribution in [3.05, 3.63) is 57.8 Å². The summed E-state index contributed by atoms with van der Waals surface area (Å²) in [5, 5.41) is 0. The third-order valence-corrected chi connectivity index (χ3v) is 5.24. The second kappa shape index (κ2) is 6.72. The molecule has 1 unspecified atom stereocenters. The van der Waals surface area contributed by atoms with Crippen molar-refractivity contribution in [3.8, 4) is 0 Å². The zero-order valence-corrected chi connectivity index (χ0v) is 16.6. The van der Waals surface area contributed by atoms with Crippen LogP contribution in [0.15, 0.2) is 46.0 Å². The number of carbonyl (C=O) groups excluding carboxylic acids is 2. The van der Waals surface area contributed by atoms with Crippen LogP contribution in [0.3, 0.4) is 0 Å². The molecule has 0 saturated heterocycles. The molecule has 2 heterocycles. The Morgan fingerprint density at radius 3 is 2.54 bits per heavy atom. The van der Waals surface area contributed by atoms with Crippen molar-refractivity contribution in [1.29, 1.82) is 0 Å². The molecule has 1 amide bonds. The number of aliphatic imine (C=N–C) groups is 1. The zero-order chi connectivity index (χ0) is 19.1. The smallest absolute Gasteiger partial charge is 0.266 e. The quantitative estimate of drug-likeness (QED) is 0.760. The molecule has 0 saturated carbocycles. The van der Waals surface area contributed by atoms with E-state index in [1.54, 1.807) is 13.1 Å². The Morgan fingerprint density at radius 1 is 1.27 bits per heavy atom. The first kappa shape index (κ1) is 18.4. The van der Waals surface area contributed by atoms with Gasteiger partial charge in [-0.25, -0.2) is 4.99 Å². The molecule has 1 aromatic carbocycles. The van der Waals surface area contributed by atoms with Gasteiger partial charge in [-0.1, -0.05) is 35.0 Å². The summed E-state index contributed by atoms with van der Waals surface area (Å²) >= 11 is 3.46. The van der Waals surface area contributed by atoms with E-state index in [9.17, 15) is 9.59 Å². The maximum atomic E-state index is 13.2. The number of nitrogens with two attached hydrogens (primary N) is 1. The minimum Gasteiger partial charge on any atom is -0.369 e. The molecule has 7 heteroatoms. The lowest BCUT2D eigenvalue weighted by atomic mass is 9.84. The van der Waals surface area contributed by atoms with Crippen molar-refractivity contribution in [1.82, 2.24) is 9.47 Å². The van der Waals surface area contributed by atoms with E-state index in [0.29, 0.717) is 29.8 Å². The monoisotopic (exact) mass is 416 g/mol. The first-order valence-electron chi connectivity index (χ1n) is 8.48. The lowest BCUT2D eigenvalue weighted by Crippen LogP contribution is -2.41. The molecule has 2 aromatic rings. The number of halogens is 1. The van der Waals surface area contributed by atoms with Crippen LogP contribution in [0.1, 0.15) is 41.9 Å². The summed E-state index contributed by atoms with van der Waals surface area (Å²) in [6, 6.07) is 9.22. The summed E-state index contributed by atoms with van der Waals surface area (Å²) in [5.41, 5.74) is 6.63. The van der Waals surface area contributed by atoms with Crippen LogP contribution in [0.2, 0.25) is 0 Å².